The molecule has 9 nitrogen and oxygen atoms in total. The molecule has 0 aliphatic carbocycles. The number of carboxylic acid groups (broad SMARTS) is 1. The number of aliphatic carboxylic acids is 1. The van der Waals surface area contributed by atoms with E-state index in [1.54, 1.807) is 0 Å². The lowest BCUT2D eigenvalue weighted by Gasteiger charge is -2.25. The standard InChI is InChI=1S/C54H93NO8/c1-6-8-10-12-14-16-18-20-21-22-23-24-25-26-27-28-29-30-31-33-35-37-39-41-43-45-52(57)63-50(49-62-54(53(58)59)60-47-46-55(3,4)5)48-61-51(56)44-42-40-38-36-34-32-19-17-15-13-11-9-7-2/h8,10,14,16-17,19-21,23-24,26-27,50,54H,6-7,9,11-13,15,18,22,25,28-49H2,1-5H3/p+1/b10-8-,16-14-,19-17-,21-20-,24-23-,27-26-. The minimum absolute atomic E-state index is 0.182. The molecule has 0 aromatic heterocycles. The number of hydrogen-bond donors (Lipinski definition) is 1. The summed E-state index contributed by atoms with van der Waals surface area (Å²) in [7, 11) is 5.95. The number of hydrogen-bond acceptors (Lipinski definition) is 7. The summed E-state index contributed by atoms with van der Waals surface area (Å²) in [6.07, 6.45) is 53.9. The molecule has 9 heteroatoms. The first kappa shape index (κ1) is 59.7. The molecule has 0 aliphatic heterocycles. The topological polar surface area (TPSA) is 108 Å². The highest BCUT2D eigenvalue weighted by Crippen LogP contribution is 2.14. The van der Waals surface area contributed by atoms with Crippen molar-refractivity contribution in [3.63, 3.8) is 0 Å². The number of likely N-dealkylation sites (N-methyl/N-ethyl adjacent to an activating group) is 1. The number of allylic oxidation sites excluding steroid dienone is 12. The van der Waals surface area contributed by atoms with Crippen LogP contribution in [0, 0.1) is 0 Å². The SMILES string of the molecule is CC/C=C\C/C=C\C/C=C\C/C=C\C/C=C\CCCCCCCCCCCC(=O)OC(COC(=O)CCCCCCC/C=C\CCCCCC)COC(OCC[N+](C)(C)C)C(=O)O. The first-order chi connectivity index (χ1) is 30.6. The Kier molecular flexibility index (Phi) is 43.0. The lowest BCUT2D eigenvalue weighted by atomic mass is 10.1. The zero-order valence-electron chi connectivity index (χ0n) is 41.0. The van der Waals surface area contributed by atoms with Crippen LogP contribution >= 0.6 is 0 Å². The van der Waals surface area contributed by atoms with Gasteiger partial charge in [-0.25, -0.2) is 4.79 Å². The van der Waals surface area contributed by atoms with Gasteiger partial charge in [-0.2, -0.15) is 0 Å². The second-order valence-corrected chi connectivity index (χ2v) is 17.7. The Balaban J connectivity index is 4.34. The minimum Gasteiger partial charge on any atom is -0.477 e. The average Bonchev–Trinajstić information content (AvgIpc) is 3.24. The highest BCUT2D eigenvalue weighted by atomic mass is 16.7. The van der Waals surface area contributed by atoms with E-state index in [0.29, 0.717) is 17.4 Å². The normalized spacial score (nSPS) is 13.5. The van der Waals surface area contributed by atoms with Crippen LogP contribution < -0.4 is 0 Å². The largest absolute Gasteiger partial charge is 0.477 e. The van der Waals surface area contributed by atoms with Crippen LogP contribution in [0.5, 0.6) is 0 Å². The van der Waals surface area contributed by atoms with E-state index in [9.17, 15) is 19.5 Å². The van der Waals surface area contributed by atoms with E-state index in [-0.39, 0.29) is 38.6 Å². The van der Waals surface area contributed by atoms with Gasteiger partial charge in [-0.3, -0.25) is 9.59 Å². The molecule has 362 valence electrons. The summed E-state index contributed by atoms with van der Waals surface area (Å²) < 4.78 is 22.8. The number of esters is 2. The molecule has 63 heavy (non-hydrogen) atoms. The van der Waals surface area contributed by atoms with Gasteiger partial charge in [0.15, 0.2) is 6.10 Å². The molecule has 0 aliphatic rings. The van der Waals surface area contributed by atoms with Crippen molar-refractivity contribution in [2.45, 2.75) is 206 Å². The molecule has 0 spiro atoms. The van der Waals surface area contributed by atoms with Crippen molar-refractivity contribution in [1.29, 1.82) is 0 Å². The minimum atomic E-state index is -1.52. The highest BCUT2D eigenvalue weighted by molar-refractivity contribution is 5.71. The smallest absolute Gasteiger partial charge is 0.361 e. The van der Waals surface area contributed by atoms with Crippen molar-refractivity contribution in [1.82, 2.24) is 0 Å². The van der Waals surface area contributed by atoms with Crippen LogP contribution in [0.3, 0.4) is 0 Å². The first-order valence-electron chi connectivity index (χ1n) is 25.1. The van der Waals surface area contributed by atoms with E-state index in [1.165, 1.54) is 64.2 Å². The van der Waals surface area contributed by atoms with Gasteiger partial charge in [0.2, 0.25) is 0 Å². The van der Waals surface area contributed by atoms with Gasteiger partial charge in [-0.1, -0.05) is 170 Å². The van der Waals surface area contributed by atoms with E-state index in [2.05, 4.69) is 86.8 Å². The molecule has 2 unspecified atom stereocenters. The molecule has 0 saturated carbocycles. The molecular formula is C54H94NO8+. The predicted octanol–water partition coefficient (Wildman–Crippen LogP) is 13.9. The van der Waals surface area contributed by atoms with Gasteiger partial charge in [0.1, 0.15) is 13.2 Å². The van der Waals surface area contributed by atoms with Crippen molar-refractivity contribution in [3.8, 4) is 0 Å². The zero-order valence-corrected chi connectivity index (χ0v) is 41.0. The fourth-order valence-corrected chi connectivity index (χ4v) is 6.56. The lowest BCUT2D eigenvalue weighted by Crippen LogP contribution is -2.40. The van der Waals surface area contributed by atoms with Crippen molar-refractivity contribution in [3.05, 3.63) is 72.9 Å². The third-order valence-corrected chi connectivity index (χ3v) is 10.4. The quantitative estimate of drug-likeness (QED) is 0.0212. The Bertz CT molecular complexity index is 1260. The number of carbonyl (C=O) groups is 3. The highest BCUT2D eigenvalue weighted by Gasteiger charge is 2.25. The number of rotatable bonds is 45. The number of quaternary nitrogens is 1. The van der Waals surface area contributed by atoms with E-state index < -0.39 is 24.3 Å². The maximum absolute atomic E-state index is 12.8. The van der Waals surface area contributed by atoms with Crippen molar-refractivity contribution < 1.29 is 42.9 Å². The third kappa shape index (κ3) is 46.5. The average molecular weight is 885 g/mol. The molecule has 0 aromatic carbocycles. The first-order valence-corrected chi connectivity index (χ1v) is 25.1. The fourth-order valence-electron chi connectivity index (χ4n) is 6.56. The number of ether oxygens (including phenoxy) is 4. The summed E-state index contributed by atoms with van der Waals surface area (Å²) in [4.78, 5) is 37.2. The van der Waals surface area contributed by atoms with Gasteiger partial charge in [-0.15, -0.1) is 0 Å². The summed E-state index contributed by atoms with van der Waals surface area (Å²) in [5, 5.41) is 9.66. The van der Waals surface area contributed by atoms with Crippen molar-refractivity contribution >= 4 is 17.9 Å². The maximum Gasteiger partial charge on any atom is 0.361 e. The van der Waals surface area contributed by atoms with Crippen LogP contribution in [0.2, 0.25) is 0 Å². The van der Waals surface area contributed by atoms with E-state index in [4.69, 9.17) is 18.9 Å². The van der Waals surface area contributed by atoms with E-state index in [0.717, 1.165) is 96.3 Å². The van der Waals surface area contributed by atoms with Gasteiger partial charge in [0, 0.05) is 12.8 Å². The van der Waals surface area contributed by atoms with Crippen molar-refractivity contribution in [2.24, 2.45) is 0 Å². The van der Waals surface area contributed by atoms with Gasteiger partial charge in [-0.05, 0) is 83.5 Å². The fraction of sp³-hybridized carbons (Fsp3) is 0.722. The Hall–Kier alpha value is -3.27. The monoisotopic (exact) mass is 885 g/mol. The van der Waals surface area contributed by atoms with Gasteiger partial charge in [0.05, 0.1) is 34.4 Å². The Labute approximate surface area is 386 Å². The molecule has 0 rings (SSSR count). The molecule has 0 radical (unpaired) electrons. The number of carbonyl (C=O) groups excluding carboxylic acids is 2. The summed E-state index contributed by atoms with van der Waals surface area (Å²) in [5.74, 6) is -2.03. The summed E-state index contributed by atoms with van der Waals surface area (Å²) >= 11 is 0. The second-order valence-electron chi connectivity index (χ2n) is 17.7. The van der Waals surface area contributed by atoms with Crippen LogP contribution in [0.15, 0.2) is 72.9 Å². The third-order valence-electron chi connectivity index (χ3n) is 10.4. The summed E-state index contributed by atoms with van der Waals surface area (Å²) in [6.45, 7) is 4.72. The van der Waals surface area contributed by atoms with Crippen LogP contribution in [-0.4, -0.2) is 87.4 Å². The zero-order chi connectivity index (χ0) is 46.3. The molecule has 0 heterocycles. The molecular weight excluding hydrogens is 791 g/mol. The summed E-state index contributed by atoms with van der Waals surface area (Å²) in [6, 6.07) is 0. The molecule has 0 saturated heterocycles. The van der Waals surface area contributed by atoms with Crippen LogP contribution in [-0.2, 0) is 33.3 Å². The van der Waals surface area contributed by atoms with Gasteiger partial charge >= 0.3 is 17.9 Å². The molecule has 0 fully saturated rings. The summed E-state index contributed by atoms with van der Waals surface area (Å²) in [5.41, 5.74) is 0. The molecule has 2 atom stereocenters. The van der Waals surface area contributed by atoms with Crippen LogP contribution in [0.1, 0.15) is 194 Å². The van der Waals surface area contributed by atoms with Crippen LogP contribution in [0.25, 0.3) is 0 Å². The second kappa shape index (κ2) is 45.3. The number of carboxylic acids is 1. The number of unbranched alkanes of at least 4 members (excludes halogenated alkanes) is 18. The predicted molar refractivity (Wildman–Crippen MR) is 263 cm³/mol. The molecule has 0 aromatic rings. The lowest BCUT2D eigenvalue weighted by molar-refractivity contribution is -0.870. The Morgan fingerprint density at radius 1 is 0.492 bits per heavy atom. The number of nitrogens with zero attached hydrogens (tertiary/aromatic N) is 1. The van der Waals surface area contributed by atoms with Crippen molar-refractivity contribution in [2.75, 3.05) is 47.5 Å². The van der Waals surface area contributed by atoms with E-state index in [1.807, 2.05) is 21.1 Å². The maximum atomic E-state index is 12.8. The Morgan fingerprint density at radius 2 is 0.905 bits per heavy atom. The Morgan fingerprint density at radius 3 is 1.37 bits per heavy atom. The molecule has 1 N–H and O–H groups in total. The van der Waals surface area contributed by atoms with Crippen LogP contribution in [0.4, 0.5) is 0 Å². The van der Waals surface area contributed by atoms with Gasteiger partial charge < -0.3 is 28.5 Å². The van der Waals surface area contributed by atoms with E-state index >= 15 is 0 Å². The molecule has 0 amide bonds. The van der Waals surface area contributed by atoms with Gasteiger partial charge in [0.25, 0.3) is 6.29 Å². The molecule has 0 bridgehead atoms.